The number of rotatable bonds is 5. The van der Waals surface area contributed by atoms with Crippen LogP contribution in [-0.2, 0) is 6.42 Å². The molecule has 1 amide bonds. The summed E-state index contributed by atoms with van der Waals surface area (Å²) in [6, 6.07) is 20.6. The van der Waals surface area contributed by atoms with Gasteiger partial charge >= 0.3 is 5.97 Å². The van der Waals surface area contributed by atoms with Crippen molar-refractivity contribution in [1.29, 1.82) is 0 Å². The normalized spacial score (nSPS) is 10.3. The number of anilines is 1. The van der Waals surface area contributed by atoms with Gasteiger partial charge in [0.2, 0.25) is 0 Å². The van der Waals surface area contributed by atoms with Crippen molar-refractivity contribution in [2.24, 2.45) is 0 Å². The second-order valence-corrected chi connectivity index (χ2v) is 5.78. The topological polar surface area (TPSA) is 66.4 Å². The molecule has 0 atom stereocenters. The number of carbonyl (C=O) groups is 2. The molecule has 0 heterocycles. The SMILES string of the molecule is O=C(O)c1cccc(F)c1C(=O)Nc1ccc(Cc2ccccc2)cc1. The fraction of sp³-hybridized carbons (Fsp3) is 0.0476. The predicted octanol–water partition coefficient (Wildman–Crippen LogP) is 4.37. The minimum atomic E-state index is -1.35. The Morgan fingerprint density at radius 3 is 2.15 bits per heavy atom. The zero-order valence-electron chi connectivity index (χ0n) is 13.8. The molecule has 0 radical (unpaired) electrons. The highest BCUT2D eigenvalue weighted by Gasteiger charge is 2.20. The van der Waals surface area contributed by atoms with Crippen LogP contribution < -0.4 is 5.32 Å². The van der Waals surface area contributed by atoms with Gasteiger partial charge in [-0.15, -0.1) is 0 Å². The Labute approximate surface area is 149 Å². The molecule has 0 spiro atoms. The maximum absolute atomic E-state index is 13.9. The minimum absolute atomic E-state index is 0.372. The van der Waals surface area contributed by atoms with Gasteiger partial charge in [0.15, 0.2) is 0 Å². The van der Waals surface area contributed by atoms with E-state index in [-0.39, 0.29) is 5.56 Å². The summed E-state index contributed by atoms with van der Waals surface area (Å²) in [4.78, 5) is 23.5. The first-order chi connectivity index (χ1) is 12.5. The van der Waals surface area contributed by atoms with Gasteiger partial charge in [0.1, 0.15) is 5.82 Å². The summed E-state index contributed by atoms with van der Waals surface area (Å²) in [6.45, 7) is 0. The van der Waals surface area contributed by atoms with E-state index in [0.717, 1.165) is 18.1 Å². The van der Waals surface area contributed by atoms with Crippen LogP contribution in [0.1, 0.15) is 31.8 Å². The third-order valence-corrected chi connectivity index (χ3v) is 3.93. The molecule has 0 aliphatic carbocycles. The van der Waals surface area contributed by atoms with E-state index < -0.39 is 23.3 Å². The molecular weight excluding hydrogens is 333 g/mol. The number of hydrogen-bond acceptors (Lipinski definition) is 2. The third kappa shape index (κ3) is 3.95. The Hall–Kier alpha value is -3.47. The van der Waals surface area contributed by atoms with Gasteiger partial charge in [0, 0.05) is 5.69 Å². The van der Waals surface area contributed by atoms with Gasteiger partial charge < -0.3 is 10.4 Å². The molecule has 0 saturated heterocycles. The molecule has 0 unspecified atom stereocenters. The first-order valence-electron chi connectivity index (χ1n) is 8.00. The van der Waals surface area contributed by atoms with Gasteiger partial charge in [-0.05, 0) is 41.8 Å². The Balaban J connectivity index is 1.76. The highest BCUT2D eigenvalue weighted by atomic mass is 19.1. The molecular formula is C21H16FNO3. The number of benzene rings is 3. The molecule has 3 aromatic rings. The van der Waals surface area contributed by atoms with E-state index in [0.29, 0.717) is 5.69 Å². The van der Waals surface area contributed by atoms with Gasteiger partial charge in [-0.2, -0.15) is 0 Å². The van der Waals surface area contributed by atoms with Crippen molar-refractivity contribution in [1.82, 2.24) is 0 Å². The second kappa shape index (κ2) is 7.61. The number of carbonyl (C=O) groups excluding carboxylic acids is 1. The number of hydrogen-bond donors (Lipinski definition) is 2. The molecule has 3 rings (SSSR count). The fourth-order valence-corrected chi connectivity index (χ4v) is 2.66. The lowest BCUT2D eigenvalue weighted by Gasteiger charge is -2.09. The van der Waals surface area contributed by atoms with Crippen LogP contribution in [0.25, 0.3) is 0 Å². The number of amides is 1. The lowest BCUT2D eigenvalue weighted by molar-refractivity contribution is 0.0691. The van der Waals surface area contributed by atoms with E-state index in [9.17, 15) is 14.0 Å². The van der Waals surface area contributed by atoms with E-state index >= 15 is 0 Å². The van der Waals surface area contributed by atoms with Crippen molar-refractivity contribution >= 4 is 17.6 Å². The zero-order chi connectivity index (χ0) is 18.5. The van der Waals surface area contributed by atoms with Gasteiger partial charge in [0.25, 0.3) is 5.91 Å². The molecule has 0 aromatic heterocycles. The van der Waals surface area contributed by atoms with Crippen molar-refractivity contribution < 1.29 is 19.1 Å². The number of halogens is 1. The largest absolute Gasteiger partial charge is 0.478 e. The lowest BCUT2D eigenvalue weighted by Crippen LogP contribution is -2.18. The van der Waals surface area contributed by atoms with Crippen LogP contribution in [0.15, 0.2) is 72.8 Å². The summed E-state index contributed by atoms with van der Waals surface area (Å²) in [5.74, 6) is -3.02. The molecule has 130 valence electrons. The monoisotopic (exact) mass is 349 g/mol. The van der Waals surface area contributed by atoms with Crippen LogP contribution in [0.3, 0.4) is 0 Å². The van der Waals surface area contributed by atoms with Gasteiger partial charge in [-0.25, -0.2) is 9.18 Å². The quantitative estimate of drug-likeness (QED) is 0.719. The minimum Gasteiger partial charge on any atom is -0.478 e. The molecule has 0 aliphatic rings. The highest BCUT2D eigenvalue weighted by Crippen LogP contribution is 2.18. The molecule has 0 saturated carbocycles. The number of carboxylic acid groups (broad SMARTS) is 1. The average Bonchev–Trinajstić information content (AvgIpc) is 2.64. The van der Waals surface area contributed by atoms with Crippen LogP contribution in [-0.4, -0.2) is 17.0 Å². The standard InChI is InChI=1S/C21H16FNO3/c22-18-8-4-7-17(21(25)26)19(18)20(24)23-16-11-9-15(10-12-16)13-14-5-2-1-3-6-14/h1-12H,13H2,(H,23,24)(H,25,26). The van der Waals surface area contributed by atoms with Crippen molar-refractivity contribution in [2.45, 2.75) is 6.42 Å². The smallest absolute Gasteiger partial charge is 0.336 e. The van der Waals surface area contributed by atoms with Gasteiger partial charge in [0.05, 0.1) is 11.1 Å². The maximum Gasteiger partial charge on any atom is 0.336 e. The van der Waals surface area contributed by atoms with Gasteiger partial charge in [-0.1, -0.05) is 48.5 Å². The molecule has 5 heteroatoms. The molecule has 26 heavy (non-hydrogen) atoms. The summed E-state index contributed by atoms with van der Waals surface area (Å²) in [7, 11) is 0. The summed E-state index contributed by atoms with van der Waals surface area (Å²) in [6.07, 6.45) is 0.755. The van der Waals surface area contributed by atoms with E-state index in [1.807, 2.05) is 42.5 Å². The Kier molecular flexibility index (Phi) is 5.08. The average molecular weight is 349 g/mol. The van der Waals surface area contributed by atoms with E-state index in [4.69, 9.17) is 5.11 Å². The summed E-state index contributed by atoms with van der Waals surface area (Å²) in [5, 5.41) is 11.7. The molecule has 4 nitrogen and oxygen atoms in total. The summed E-state index contributed by atoms with van der Waals surface area (Å²) < 4.78 is 13.9. The fourth-order valence-electron chi connectivity index (χ4n) is 2.66. The molecule has 0 aliphatic heterocycles. The molecule has 0 bridgehead atoms. The number of aromatic carboxylic acids is 1. The van der Waals surface area contributed by atoms with Crippen molar-refractivity contribution in [3.63, 3.8) is 0 Å². The Morgan fingerprint density at radius 2 is 1.50 bits per heavy atom. The Morgan fingerprint density at radius 1 is 0.846 bits per heavy atom. The maximum atomic E-state index is 13.9. The lowest BCUT2D eigenvalue weighted by atomic mass is 10.0. The van der Waals surface area contributed by atoms with Gasteiger partial charge in [-0.3, -0.25) is 4.79 Å². The highest BCUT2D eigenvalue weighted by molar-refractivity contribution is 6.10. The van der Waals surface area contributed by atoms with Crippen LogP contribution in [0.4, 0.5) is 10.1 Å². The first-order valence-corrected chi connectivity index (χ1v) is 8.00. The van der Waals surface area contributed by atoms with E-state index in [1.165, 1.54) is 17.7 Å². The van der Waals surface area contributed by atoms with Crippen LogP contribution in [0.2, 0.25) is 0 Å². The van der Waals surface area contributed by atoms with Crippen LogP contribution >= 0.6 is 0 Å². The number of carboxylic acids is 1. The zero-order valence-corrected chi connectivity index (χ0v) is 13.8. The summed E-state index contributed by atoms with van der Waals surface area (Å²) in [5.41, 5.74) is 1.84. The number of nitrogens with one attached hydrogen (secondary N) is 1. The van der Waals surface area contributed by atoms with E-state index in [2.05, 4.69) is 5.32 Å². The van der Waals surface area contributed by atoms with E-state index in [1.54, 1.807) is 12.1 Å². The van der Waals surface area contributed by atoms with Crippen molar-refractivity contribution in [3.05, 3.63) is 101 Å². The van der Waals surface area contributed by atoms with Crippen LogP contribution in [0.5, 0.6) is 0 Å². The molecule has 2 N–H and O–H groups in total. The van der Waals surface area contributed by atoms with Crippen LogP contribution in [0, 0.1) is 5.82 Å². The summed E-state index contributed by atoms with van der Waals surface area (Å²) >= 11 is 0. The third-order valence-electron chi connectivity index (χ3n) is 3.93. The Bertz CT molecular complexity index is 937. The second-order valence-electron chi connectivity index (χ2n) is 5.78. The predicted molar refractivity (Wildman–Crippen MR) is 97.0 cm³/mol. The first kappa shape index (κ1) is 17.4. The molecule has 3 aromatic carbocycles. The molecule has 0 fully saturated rings. The van der Waals surface area contributed by atoms with Crippen molar-refractivity contribution in [2.75, 3.05) is 5.32 Å². The van der Waals surface area contributed by atoms with Crippen molar-refractivity contribution in [3.8, 4) is 0 Å².